The van der Waals surface area contributed by atoms with Crippen molar-refractivity contribution >= 4 is 34.9 Å². The molecule has 0 saturated heterocycles. The second-order valence-corrected chi connectivity index (χ2v) is 8.29. The van der Waals surface area contributed by atoms with Crippen molar-refractivity contribution in [3.8, 4) is 11.1 Å². The van der Waals surface area contributed by atoms with E-state index >= 15 is 0 Å². The number of amides is 1. The summed E-state index contributed by atoms with van der Waals surface area (Å²) in [7, 11) is 0. The van der Waals surface area contributed by atoms with Crippen molar-refractivity contribution in [1.82, 2.24) is 15.3 Å². The van der Waals surface area contributed by atoms with Gasteiger partial charge in [0.15, 0.2) is 0 Å². The van der Waals surface area contributed by atoms with Gasteiger partial charge in [-0.1, -0.05) is 35.3 Å². The third-order valence-corrected chi connectivity index (χ3v) is 5.39. The zero-order chi connectivity index (χ0) is 24.4. The van der Waals surface area contributed by atoms with Crippen LogP contribution in [-0.2, 0) is 0 Å². The number of H-pyrrole nitrogens is 1. The molecule has 3 rings (SSSR count). The largest absolute Gasteiger partial charge is 0.394 e. The lowest BCUT2D eigenvalue weighted by atomic mass is 10.1. The van der Waals surface area contributed by atoms with E-state index in [0.29, 0.717) is 21.7 Å². The van der Waals surface area contributed by atoms with Gasteiger partial charge < -0.3 is 41.2 Å². The Balaban J connectivity index is 1.81. The van der Waals surface area contributed by atoms with E-state index in [1.807, 2.05) is 0 Å². The van der Waals surface area contributed by atoms with E-state index in [0.717, 1.165) is 6.92 Å². The van der Waals surface area contributed by atoms with Crippen LogP contribution >= 0.6 is 23.2 Å². The molecule has 0 aliphatic carbocycles. The summed E-state index contributed by atoms with van der Waals surface area (Å²) in [6.45, 7) is 0.589. The first-order valence-corrected chi connectivity index (χ1v) is 10.4. The molecule has 8 N–H and O–H groups in total. The van der Waals surface area contributed by atoms with Crippen LogP contribution in [-0.4, -0.2) is 59.7 Å². The Bertz CT molecular complexity index is 1150. The van der Waals surface area contributed by atoms with Crippen LogP contribution < -0.4 is 10.6 Å². The lowest BCUT2D eigenvalue weighted by Gasteiger charge is -2.32. The lowest BCUT2D eigenvalue weighted by molar-refractivity contribution is -0.379. The third-order valence-electron chi connectivity index (χ3n) is 4.86. The second-order valence-electron chi connectivity index (χ2n) is 7.45. The molecule has 176 valence electrons. The van der Waals surface area contributed by atoms with Crippen LogP contribution in [0.3, 0.4) is 0 Å². The van der Waals surface area contributed by atoms with Gasteiger partial charge in [0, 0.05) is 28.5 Å². The quantitative estimate of drug-likeness (QED) is 0.217. The Morgan fingerprint density at radius 1 is 1.18 bits per heavy atom. The summed E-state index contributed by atoms with van der Waals surface area (Å²) in [6.07, 6.45) is 2.76. The zero-order valence-corrected chi connectivity index (χ0v) is 18.8. The highest BCUT2D eigenvalue weighted by molar-refractivity contribution is 6.33. The van der Waals surface area contributed by atoms with E-state index in [-0.39, 0.29) is 23.1 Å². The average Bonchev–Trinajstić information content (AvgIpc) is 3.22. The Kier molecular flexibility index (Phi) is 7.29. The Hall–Kier alpha value is -2.70. The number of pyridine rings is 1. The molecule has 3 aromatic rings. The first-order chi connectivity index (χ1) is 15.4. The van der Waals surface area contributed by atoms with Crippen molar-refractivity contribution in [3.63, 3.8) is 0 Å². The number of aliphatic hydroxyl groups excluding tert-OH is 1. The summed E-state index contributed by atoms with van der Waals surface area (Å²) < 4.78 is 0. The molecular weight excluding hydrogens is 475 g/mol. The minimum atomic E-state index is -3.44. The highest BCUT2D eigenvalue weighted by Gasteiger charge is 2.43. The summed E-state index contributed by atoms with van der Waals surface area (Å²) >= 11 is 12.2. The Morgan fingerprint density at radius 2 is 1.91 bits per heavy atom. The van der Waals surface area contributed by atoms with Gasteiger partial charge in [0.2, 0.25) is 5.72 Å². The van der Waals surface area contributed by atoms with Gasteiger partial charge in [-0.2, -0.15) is 0 Å². The molecule has 1 unspecified atom stereocenters. The molecule has 0 aliphatic heterocycles. The van der Waals surface area contributed by atoms with Gasteiger partial charge in [0.25, 0.3) is 5.91 Å². The smallest absolute Gasteiger partial charge is 0.325 e. The molecule has 0 aliphatic rings. The molecule has 2 heterocycles. The van der Waals surface area contributed by atoms with Crippen LogP contribution in [0.25, 0.3) is 11.1 Å². The molecule has 1 aromatic carbocycles. The van der Waals surface area contributed by atoms with Crippen LogP contribution in [0.1, 0.15) is 29.0 Å². The van der Waals surface area contributed by atoms with Crippen molar-refractivity contribution in [2.45, 2.75) is 24.7 Å². The molecule has 0 fully saturated rings. The van der Waals surface area contributed by atoms with Crippen LogP contribution in [0.5, 0.6) is 0 Å². The predicted molar refractivity (Wildman–Crippen MR) is 121 cm³/mol. The summed E-state index contributed by atoms with van der Waals surface area (Å²) in [4.78, 5) is 19.5. The van der Waals surface area contributed by atoms with E-state index in [9.17, 15) is 30.3 Å². The SMILES string of the molecule is CC(O)(Nc1cc(-c2c[nH]c(C(=O)N[C@H](CO)c3cccc(Cl)c3)c2)c(Cl)cn1)C(O)(O)O. The van der Waals surface area contributed by atoms with E-state index < -0.39 is 23.6 Å². The van der Waals surface area contributed by atoms with E-state index in [1.54, 1.807) is 24.3 Å². The van der Waals surface area contributed by atoms with Crippen molar-refractivity contribution in [2.75, 3.05) is 11.9 Å². The molecule has 0 bridgehead atoms. The highest BCUT2D eigenvalue weighted by atomic mass is 35.5. The van der Waals surface area contributed by atoms with Crippen LogP contribution in [0.15, 0.2) is 48.8 Å². The van der Waals surface area contributed by atoms with E-state index in [4.69, 9.17) is 23.2 Å². The summed E-state index contributed by atoms with van der Waals surface area (Å²) in [5, 5.41) is 53.2. The fraction of sp³-hybridized carbons (Fsp3) is 0.238. The average molecular weight is 497 g/mol. The number of benzene rings is 1. The number of hydrogen-bond donors (Lipinski definition) is 8. The Labute approximate surface area is 198 Å². The number of carbonyl (C=O) groups is 1. The first kappa shape index (κ1) is 24.9. The maximum absolute atomic E-state index is 12.7. The lowest BCUT2D eigenvalue weighted by Crippen LogP contribution is -2.57. The van der Waals surface area contributed by atoms with Gasteiger partial charge in [0.05, 0.1) is 17.7 Å². The van der Waals surface area contributed by atoms with Gasteiger partial charge in [-0.15, -0.1) is 0 Å². The van der Waals surface area contributed by atoms with Crippen LogP contribution in [0.4, 0.5) is 5.82 Å². The number of carbonyl (C=O) groups excluding carboxylic acids is 1. The van der Waals surface area contributed by atoms with E-state index in [1.165, 1.54) is 24.5 Å². The van der Waals surface area contributed by atoms with Crippen molar-refractivity contribution in [1.29, 1.82) is 0 Å². The number of aromatic nitrogens is 2. The summed E-state index contributed by atoms with van der Waals surface area (Å²) in [6, 6.07) is 8.98. The number of anilines is 1. The third kappa shape index (κ3) is 5.81. The van der Waals surface area contributed by atoms with Gasteiger partial charge in [-0.05, 0) is 36.8 Å². The topological polar surface area (TPSA) is 171 Å². The van der Waals surface area contributed by atoms with Gasteiger partial charge in [0.1, 0.15) is 11.5 Å². The molecule has 10 nitrogen and oxygen atoms in total. The minimum absolute atomic E-state index is 0.0329. The predicted octanol–water partition coefficient (Wildman–Crippen LogP) is 1.60. The number of hydrogen-bond acceptors (Lipinski definition) is 8. The van der Waals surface area contributed by atoms with E-state index in [2.05, 4.69) is 20.6 Å². The molecule has 1 amide bonds. The number of nitrogens with one attached hydrogen (secondary N) is 3. The molecule has 2 atom stereocenters. The second kappa shape index (κ2) is 9.65. The molecule has 2 aromatic heterocycles. The molecule has 0 spiro atoms. The normalized spacial score (nSPS) is 14.4. The Morgan fingerprint density at radius 3 is 2.55 bits per heavy atom. The summed E-state index contributed by atoms with van der Waals surface area (Å²) in [5.41, 5.74) is -0.846. The summed E-state index contributed by atoms with van der Waals surface area (Å²) in [5.74, 6) is -3.97. The zero-order valence-electron chi connectivity index (χ0n) is 17.3. The number of nitrogens with zero attached hydrogens (tertiary/aromatic N) is 1. The molecule has 33 heavy (non-hydrogen) atoms. The van der Waals surface area contributed by atoms with Crippen molar-refractivity contribution in [2.24, 2.45) is 0 Å². The highest BCUT2D eigenvalue weighted by Crippen LogP contribution is 2.31. The minimum Gasteiger partial charge on any atom is -0.394 e. The maximum atomic E-state index is 12.7. The maximum Gasteiger partial charge on any atom is 0.325 e. The molecule has 0 saturated carbocycles. The van der Waals surface area contributed by atoms with Crippen molar-refractivity contribution < 1.29 is 30.3 Å². The van der Waals surface area contributed by atoms with Gasteiger partial charge in [-0.3, -0.25) is 4.79 Å². The fourth-order valence-electron chi connectivity index (χ4n) is 2.94. The van der Waals surface area contributed by atoms with Crippen molar-refractivity contribution in [3.05, 3.63) is 70.1 Å². The number of aliphatic hydroxyl groups is 5. The van der Waals surface area contributed by atoms with Crippen LogP contribution in [0, 0.1) is 0 Å². The first-order valence-electron chi connectivity index (χ1n) is 9.60. The fourth-order valence-corrected chi connectivity index (χ4v) is 3.35. The number of halogens is 2. The number of rotatable bonds is 8. The molecule has 12 heteroatoms. The monoisotopic (exact) mass is 496 g/mol. The molecular formula is C21H22Cl2N4O6. The number of aromatic amines is 1. The van der Waals surface area contributed by atoms with Gasteiger partial charge >= 0.3 is 5.97 Å². The standard InChI is InChI=1S/C21H22Cl2N4O6/c1-20(30,21(31,32)33)27-18-7-14(15(23)9-25-18)12-6-16(24-8-12)19(29)26-17(10-28)11-3-2-4-13(22)5-11/h2-9,17,24,28,30-33H,10H2,1H3,(H,25,27)(H,26,29)/t17-,20?/m1/s1. The van der Waals surface area contributed by atoms with Gasteiger partial charge in [-0.25, -0.2) is 4.98 Å². The molecule has 0 radical (unpaired) electrons. The van der Waals surface area contributed by atoms with Crippen LogP contribution in [0.2, 0.25) is 10.0 Å².